The van der Waals surface area contributed by atoms with Gasteiger partial charge in [-0.15, -0.1) is 0 Å². The summed E-state index contributed by atoms with van der Waals surface area (Å²) in [5.41, 5.74) is -0.288. The molecule has 1 aliphatic rings. The van der Waals surface area contributed by atoms with Crippen molar-refractivity contribution in [1.82, 2.24) is 24.5 Å². The molecule has 0 aromatic carbocycles. The normalized spacial score (nSPS) is 18.0. The Labute approximate surface area is 151 Å². The van der Waals surface area contributed by atoms with Gasteiger partial charge in [-0.05, 0) is 19.4 Å². The first kappa shape index (κ1) is 17.2. The lowest BCUT2D eigenvalue weighted by atomic mass is 10.1. The average Bonchev–Trinajstić information content (AvgIpc) is 3.21. The number of aromatic nitrogens is 5. The van der Waals surface area contributed by atoms with E-state index < -0.39 is 11.7 Å². The van der Waals surface area contributed by atoms with Gasteiger partial charge >= 0.3 is 6.18 Å². The summed E-state index contributed by atoms with van der Waals surface area (Å²) < 4.78 is 47.6. The summed E-state index contributed by atoms with van der Waals surface area (Å²) >= 11 is 6.18. The Kier molecular flexibility index (Phi) is 4.07. The summed E-state index contributed by atoms with van der Waals surface area (Å²) in [6.45, 7) is 2.54. The molecule has 3 aromatic rings. The number of rotatable bonds is 2. The molecule has 1 fully saturated rings. The molecule has 136 valence electrons. The summed E-state index contributed by atoms with van der Waals surface area (Å²) in [5, 5.41) is 0.101. The van der Waals surface area contributed by atoms with Crippen LogP contribution in [0.1, 0.15) is 23.9 Å². The fourth-order valence-corrected chi connectivity index (χ4v) is 3.37. The molecular formula is C16H13ClF3N5O. The van der Waals surface area contributed by atoms with E-state index in [2.05, 4.69) is 19.9 Å². The first-order chi connectivity index (χ1) is 12.4. The molecule has 1 atom stereocenters. The highest BCUT2D eigenvalue weighted by Crippen LogP contribution is 2.39. The number of alkyl halides is 3. The fraction of sp³-hybridized carbons (Fsp3) is 0.375. The minimum Gasteiger partial charge on any atom is -0.379 e. The Morgan fingerprint density at radius 1 is 1.27 bits per heavy atom. The molecule has 0 N–H and O–H groups in total. The zero-order chi connectivity index (χ0) is 18.5. The van der Waals surface area contributed by atoms with E-state index in [1.807, 2.05) is 0 Å². The number of aryl methyl sites for hydroxylation is 1. The van der Waals surface area contributed by atoms with Gasteiger partial charge in [-0.1, -0.05) is 11.6 Å². The van der Waals surface area contributed by atoms with Crippen molar-refractivity contribution in [3.63, 3.8) is 0 Å². The van der Waals surface area contributed by atoms with Crippen LogP contribution in [-0.4, -0.2) is 37.7 Å². The standard InChI is InChI=1S/C16H13ClF3N5O/c1-8-22-13(17)12-15(23-8)25(9-3-5-26-7-9)14(24-12)10-6-21-4-2-11(10)16(18,19)20/h2,4,6,9H,3,5,7H2,1H3. The SMILES string of the molecule is Cc1nc(Cl)c2nc(-c3cnccc3C(F)(F)F)n(C3CCOC3)c2n1. The Bertz CT molecular complexity index is 982. The predicted molar refractivity (Wildman–Crippen MR) is 87.8 cm³/mol. The molecule has 1 unspecified atom stereocenters. The zero-order valence-corrected chi connectivity index (χ0v) is 14.3. The van der Waals surface area contributed by atoms with Crippen LogP contribution in [-0.2, 0) is 10.9 Å². The molecule has 4 rings (SSSR count). The molecular weight excluding hydrogens is 371 g/mol. The topological polar surface area (TPSA) is 65.7 Å². The van der Waals surface area contributed by atoms with Crippen molar-refractivity contribution in [2.45, 2.75) is 25.6 Å². The van der Waals surface area contributed by atoms with Crippen molar-refractivity contribution in [2.24, 2.45) is 0 Å². The summed E-state index contributed by atoms with van der Waals surface area (Å²) in [5.74, 6) is 0.522. The van der Waals surface area contributed by atoms with Gasteiger partial charge in [0.2, 0.25) is 0 Å². The van der Waals surface area contributed by atoms with Gasteiger partial charge in [0, 0.05) is 24.6 Å². The third-order valence-electron chi connectivity index (χ3n) is 4.25. The number of hydrogen-bond acceptors (Lipinski definition) is 5. The second-order valence-electron chi connectivity index (χ2n) is 5.98. The summed E-state index contributed by atoms with van der Waals surface area (Å²) in [6, 6.07) is 0.740. The zero-order valence-electron chi connectivity index (χ0n) is 13.6. The number of ether oxygens (including phenoxy) is 1. The van der Waals surface area contributed by atoms with Gasteiger partial charge in [0.05, 0.1) is 18.2 Å². The van der Waals surface area contributed by atoms with Crippen molar-refractivity contribution in [3.05, 3.63) is 35.0 Å². The van der Waals surface area contributed by atoms with E-state index in [0.717, 1.165) is 18.5 Å². The Morgan fingerprint density at radius 2 is 2.08 bits per heavy atom. The van der Waals surface area contributed by atoms with Crippen molar-refractivity contribution in [1.29, 1.82) is 0 Å². The van der Waals surface area contributed by atoms with E-state index in [0.29, 0.717) is 31.1 Å². The van der Waals surface area contributed by atoms with E-state index in [1.54, 1.807) is 11.5 Å². The highest BCUT2D eigenvalue weighted by Gasteiger charge is 2.36. The van der Waals surface area contributed by atoms with Crippen molar-refractivity contribution >= 4 is 22.8 Å². The van der Waals surface area contributed by atoms with Crippen molar-refractivity contribution in [3.8, 4) is 11.4 Å². The highest BCUT2D eigenvalue weighted by atomic mass is 35.5. The number of halogens is 4. The molecule has 3 aromatic heterocycles. The quantitative estimate of drug-likeness (QED) is 0.629. The lowest BCUT2D eigenvalue weighted by Crippen LogP contribution is -2.14. The van der Waals surface area contributed by atoms with Gasteiger partial charge in [0.15, 0.2) is 10.8 Å². The van der Waals surface area contributed by atoms with Crippen LogP contribution in [0.4, 0.5) is 13.2 Å². The van der Waals surface area contributed by atoms with E-state index >= 15 is 0 Å². The van der Waals surface area contributed by atoms with Crippen molar-refractivity contribution < 1.29 is 17.9 Å². The molecule has 1 aliphatic heterocycles. The van der Waals surface area contributed by atoms with Gasteiger partial charge in [-0.2, -0.15) is 13.2 Å². The smallest absolute Gasteiger partial charge is 0.379 e. The summed E-state index contributed by atoms with van der Waals surface area (Å²) in [6.07, 6.45) is -1.64. The first-order valence-corrected chi connectivity index (χ1v) is 8.25. The lowest BCUT2D eigenvalue weighted by molar-refractivity contribution is -0.137. The number of hydrogen-bond donors (Lipinski definition) is 0. The number of pyridine rings is 1. The maximum atomic E-state index is 13.5. The molecule has 4 heterocycles. The molecule has 0 amide bonds. The number of imidazole rings is 1. The van der Waals surface area contributed by atoms with Gasteiger partial charge in [0.1, 0.15) is 17.2 Å². The van der Waals surface area contributed by atoms with Crippen molar-refractivity contribution in [2.75, 3.05) is 13.2 Å². The van der Waals surface area contributed by atoms with E-state index in [1.165, 1.54) is 0 Å². The summed E-state index contributed by atoms with van der Waals surface area (Å²) in [4.78, 5) is 16.6. The molecule has 0 saturated carbocycles. The Balaban J connectivity index is 2.05. The van der Waals surface area contributed by atoms with Crippen LogP contribution in [0.5, 0.6) is 0 Å². The van der Waals surface area contributed by atoms with Gasteiger partial charge in [-0.25, -0.2) is 15.0 Å². The van der Waals surface area contributed by atoms with Crippen LogP contribution in [0.25, 0.3) is 22.6 Å². The van der Waals surface area contributed by atoms with Gasteiger partial charge in [-0.3, -0.25) is 4.98 Å². The van der Waals surface area contributed by atoms with Crippen LogP contribution in [0.15, 0.2) is 18.5 Å². The minimum absolute atomic E-state index is 0.101. The molecule has 10 heteroatoms. The third kappa shape index (κ3) is 2.80. The number of fused-ring (bicyclic) bond motifs is 1. The molecule has 0 aliphatic carbocycles. The largest absolute Gasteiger partial charge is 0.417 e. The Morgan fingerprint density at radius 3 is 2.77 bits per heavy atom. The van der Waals surface area contributed by atoms with Gasteiger partial charge in [0.25, 0.3) is 0 Å². The van der Waals surface area contributed by atoms with E-state index in [9.17, 15) is 13.2 Å². The molecule has 6 nitrogen and oxygen atoms in total. The third-order valence-corrected chi connectivity index (χ3v) is 4.51. The van der Waals surface area contributed by atoms with Crippen LogP contribution in [0, 0.1) is 6.92 Å². The van der Waals surface area contributed by atoms with Crippen LogP contribution < -0.4 is 0 Å². The average molecular weight is 384 g/mol. The minimum atomic E-state index is -4.54. The maximum absolute atomic E-state index is 13.5. The molecule has 1 saturated heterocycles. The van der Waals surface area contributed by atoms with Gasteiger partial charge < -0.3 is 9.30 Å². The fourth-order valence-electron chi connectivity index (χ4n) is 3.12. The molecule has 0 bridgehead atoms. The monoisotopic (exact) mass is 383 g/mol. The Hall–Kier alpha value is -2.26. The highest BCUT2D eigenvalue weighted by molar-refractivity contribution is 6.33. The van der Waals surface area contributed by atoms with Crippen LogP contribution >= 0.6 is 11.6 Å². The molecule has 0 radical (unpaired) electrons. The number of nitrogens with zero attached hydrogens (tertiary/aromatic N) is 5. The predicted octanol–water partition coefficient (Wildman–Crippen LogP) is 3.83. The second kappa shape index (κ2) is 6.17. The van der Waals surface area contributed by atoms with E-state index in [-0.39, 0.29) is 28.1 Å². The maximum Gasteiger partial charge on any atom is 0.417 e. The molecule has 26 heavy (non-hydrogen) atoms. The van der Waals surface area contributed by atoms with Crippen LogP contribution in [0.2, 0.25) is 5.15 Å². The first-order valence-electron chi connectivity index (χ1n) is 7.87. The lowest BCUT2D eigenvalue weighted by Gasteiger charge is -2.17. The second-order valence-corrected chi connectivity index (χ2v) is 6.33. The summed E-state index contributed by atoms with van der Waals surface area (Å²) in [7, 11) is 0. The van der Waals surface area contributed by atoms with E-state index in [4.69, 9.17) is 16.3 Å². The van der Waals surface area contributed by atoms with Crippen LogP contribution in [0.3, 0.4) is 0 Å². The molecule has 0 spiro atoms.